The first-order valence-corrected chi connectivity index (χ1v) is 8.79. The van der Waals surface area contributed by atoms with Crippen LogP contribution >= 0.6 is 23.7 Å². The third-order valence-electron chi connectivity index (χ3n) is 4.31. The highest BCUT2D eigenvalue weighted by Gasteiger charge is 2.20. The molecule has 6 heteroatoms. The highest BCUT2D eigenvalue weighted by molar-refractivity contribution is 7.08. The Kier molecular flexibility index (Phi) is 6.89. The monoisotopic (exact) mass is 340 g/mol. The second-order valence-corrected chi connectivity index (χ2v) is 6.59. The molecule has 1 saturated heterocycles. The smallest absolute Gasteiger partial charge is 0.0703 e. The second kappa shape index (κ2) is 8.67. The Bertz CT molecular complexity index is 532. The zero-order valence-corrected chi connectivity index (χ0v) is 14.7. The fourth-order valence-corrected chi connectivity index (χ4v) is 3.67. The fraction of sp³-hybridized carbons (Fsp3) is 0.562. The van der Waals surface area contributed by atoms with Crippen LogP contribution in [0.4, 0.5) is 0 Å². The van der Waals surface area contributed by atoms with E-state index in [-0.39, 0.29) is 12.4 Å². The van der Waals surface area contributed by atoms with Crippen LogP contribution in [0.25, 0.3) is 11.3 Å². The molecule has 0 spiro atoms. The van der Waals surface area contributed by atoms with Crippen molar-refractivity contribution < 1.29 is 0 Å². The van der Waals surface area contributed by atoms with E-state index in [0.29, 0.717) is 0 Å². The van der Waals surface area contributed by atoms with Crippen LogP contribution < -0.4 is 5.32 Å². The quantitative estimate of drug-likeness (QED) is 0.847. The third kappa shape index (κ3) is 4.32. The van der Waals surface area contributed by atoms with E-state index in [1.807, 2.05) is 6.20 Å². The molecule has 4 nitrogen and oxygen atoms in total. The molecule has 0 unspecified atom stereocenters. The topological polar surface area (TPSA) is 44.0 Å². The van der Waals surface area contributed by atoms with Crippen LogP contribution in [-0.4, -0.2) is 41.3 Å². The van der Waals surface area contributed by atoms with Gasteiger partial charge in [0.15, 0.2) is 0 Å². The van der Waals surface area contributed by atoms with Gasteiger partial charge in [-0.2, -0.15) is 16.4 Å². The molecule has 0 saturated carbocycles. The van der Waals surface area contributed by atoms with E-state index in [1.54, 1.807) is 11.3 Å². The summed E-state index contributed by atoms with van der Waals surface area (Å²) in [6.07, 6.45) is 4.59. The molecule has 1 aliphatic rings. The average molecular weight is 341 g/mol. The number of aromatic nitrogens is 2. The summed E-state index contributed by atoms with van der Waals surface area (Å²) in [4.78, 5) is 2.56. The molecule has 1 fully saturated rings. The number of hydrogen-bond acceptors (Lipinski definition) is 4. The molecule has 0 aliphatic carbocycles. The van der Waals surface area contributed by atoms with Crippen molar-refractivity contribution in [3.05, 3.63) is 28.6 Å². The molecule has 0 bridgehead atoms. The summed E-state index contributed by atoms with van der Waals surface area (Å²) < 4.78 is 0. The number of nitrogens with one attached hydrogen (secondary N) is 2. The van der Waals surface area contributed by atoms with Crippen LogP contribution in [0.15, 0.2) is 23.0 Å². The van der Waals surface area contributed by atoms with E-state index < -0.39 is 0 Å². The molecule has 122 valence electrons. The molecule has 0 radical (unpaired) electrons. The summed E-state index contributed by atoms with van der Waals surface area (Å²) in [6.45, 7) is 7.85. The van der Waals surface area contributed by atoms with Gasteiger partial charge in [0.05, 0.1) is 11.9 Å². The summed E-state index contributed by atoms with van der Waals surface area (Å²) in [7, 11) is 0. The van der Waals surface area contributed by atoms with Gasteiger partial charge in [0.1, 0.15) is 0 Å². The minimum Gasteiger partial charge on any atom is -0.317 e. The van der Waals surface area contributed by atoms with Crippen LogP contribution in [0.2, 0.25) is 0 Å². The van der Waals surface area contributed by atoms with Crippen molar-refractivity contribution in [2.45, 2.75) is 26.3 Å². The highest BCUT2D eigenvalue weighted by atomic mass is 35.5. The fourth-order valence-electron chi connectivity index (χ4n) is 3.03. The number of piperidine rings is 1. The molecule has 3 rings (SSSR count). The van der Waals surface area contributed by atoms with Crippen molar-refractivity contribution >= 4 is 23.7 Å². The van der Waals surface area contributed by atoms with E-state index in [1.165, 1.54) is 49.3 Å². The van der Waals surface area contributed by atoms with Gasteiger partial charge in [-0.1, -0.05) is 6.92 Å². The Balaban J connectivity index is 0.00000176. The lowest BCUT2D eigenvalue weighted by Gasteiger charge is -2.32. The predicted molar refractivity (Wildman–Crippen MR) is 95.7 cm³/mol. The maximum Gasteiger partial charge on any atom is 0.0703 e. The molecule has 0 aromatic carbocycles. The molecule has 0 amide bonds. The first kappa shape index (κ1) is 17.5. The Labute approximate surface area is 142 Å². The molecule has 2 N–H and O–H groups in total. The number of thiophene rings is 1. The zero-order valence-electron chi connectivity index (χ0n) is 13.0. The average Bonchev–Trinajstić information content (AvgIpc) is 3.17. The van der Waals surface area contributed by atoms with Crippen molar-refractivity contribution in [2.75, 3.05) is 26.2 Å². The van der Waals surface area contributed by atoms with E-state index in [0.717, 1.165) is 19.0 Å². The molecule has 2 aromatic heterocycles. The van der Waals surface area contributed by atoms with Gasteiger partial charge in [-0.05, 0) is 56.4 Å². The first-order valence-electron chi connectivity index (χ1n) is 7.84. The van der Waals surface area contributed by atoms with Gasteiger partial charge in [-0.25, -0.2) is 0 Å². The largest absolute Gasteiger partial charge is 0.317 e. The van der Waals surface area contributed by atoms with Gasteiger partial charge in [-0.15, -0.1) is 12.4 Å². The highest BCUT2D eigenvalue weighted by Crippen LogP contribution is 2.26. The number of halogens is 1. The van der Waals surface area contributed by atoms with Gasteiger partial charge in [0.25, 0.3) is 0 Å². The number of likely N-dealkylation sites (tertiary alicyclic amines) is 1. The minimum atomic E-state index is 0. The standard InChI is InChI=1S/C16H24N4S.ClH/c1-2-17-9-13-3-6-20(7-4-13)11-15-10-18-19-16(15)14-5-8-21-12-14;/h5,8,10,12-13,17H,2-4,6-7,9,11H2,1H3,(H,18,19);1H. The summed E-state index contributed by atoms with van der Waals surface area (Å²) in [5, 5.41) is 15.2. The van der Waals surface area contributed by atoms with Crippen LogP contribution in [0, 0.1) is 5.92 Å². The minimum absolute atomic E-state index is 0. The normalized spacial score (nSPS) is 16.6. The molecule has 0 atom stereocenters. The van der Waals surface area contributed by atoms with Crippen LogP contribution in [0.5, 0.6) is 0 Å². The number of H-pyrrole nitrogens is 1. The lowest BCUT2D eigenvalue weighted by Crippen LogP contribution is -2.36. The zero-order chi connectivity index (χ0) is 14.5. The van der Waals surface area contributed by atoms with Crippen molar-refractivity contribution in [2.24, 2.45) is 5.92 Å². The van der Waals surface area contributed by atoms with Gasteiger partial charge in [0, 0.05) is 23.1 Å². The van der Waals surface area contributed by atoms with E-state index in [4.69, 9.17) is 0 Å². The van der Waals surface area contributed by atoms with Crippen molar-refractivity contribution in [1.29, 1.82) is 0 Å². The number of nitrogens with zero attached hydrogens (tertiary/aromatic N) is 2. The van der Waals surface area contributed by atoms with Gasteiger partial charge in [-0.3, -0.25) is 10.00 Å². The Morgan fingerprint density at radius 3 is 2.91 bits per heavy atom. The van der Waals surface area contributed by atoms with Crippen LogP contribution in [0.1, 0.15) is 25.3 Å². The first-order chi connectivity index (χ1) is 10.4. The predicted octanol–water partition coefficient (Wildman–Crippen LogP) is 3.38. The molecule has 1 aliphatic heterocycles. The summed E-state index contributed by atoms with van der Waals surface area (Å²) in [5.74, 6) is 0.849. The van der Waals surface area contributed by atoms with E-state index >= 15 is 0 Å². The summed E-state index contributed by atoms with van der Waals surface area (Å²) in [6, 6.07) is 2.16. The lowest BCUT2D eigenvalue weighted by atomic mass is 9.96. The van der Waals surface area contributed by atoms with E-state index in [9.17, 15) is 0 Å². The Hall–Kier alpha value is -0.880. The lowest BCUT2D eigenvalue weighted by molar-refractivity contribution is 0.176. The molecule has 3 heterocycles. The van der Waals surface area contributed by atoms with Crippen LogP contribution in [-0.2, 0) is 6.54 Å². The number of hydrogen-bond donors (Lipinski definition) is 2. The third-order valence-corrected chi connectivity index (χ3v) is 5.00. The molecule has 2 aromatic rings. The molecule has 22 heavy (non-hydrogen) atoms. The SMILES string of the molecule is CCNCC1CCN(Cc2cn[nH]c2-c2ccsc2)CC1.Cl. The number of aromatic amines is 1. The van der Waals surface area contributed by atoms with Crippen molar-refractivity contribution in [3.63, 3.8) is 0 Å². The van der Waals surface area contributed by atoms with Gasteiger partial charge < -0.3 is 5.32 Å². The van der Waals surface area contributed by atoms with Gasteiger partial charge in [0.2, 0.25) is 0 Å². The maximum atomic E-state index is 4.24. The summed E-state index contributed by atoms with van der Waals surface area (Å²) in [5.41, 5.74) is 3.76. The number of rotatable bonds is 6. The van der Waals surface area contributed by atoms with Crippen molar-refractivity contribution in [1.82, 2.24) is 20.4 Å². The molecular weight excluding hydrogens is 316 g/mol. The van der Waals surface area contributed by atoms with Crippen LogP contribution in [0.3, 0.4) is 0 Å². The molecular formula is C16H25ClN4S. The Morgan fingerprint density at radius 1 is 1.41 bits per heavy atom. The maximum absolute atomic E-state index is 4.24. The van der Waals surface area contributed by atoms with Gasteiger partial charge >= 0.3 is 0 Å². The summed E-state index contributed by atoms with van der Waals surface area (Å²) >= 11 is 1.73. The van der Waals surface area contributed by atoms with E-state index in [2.05, 4.69) is 44.2 Å². The second-order valence-electron chi connectivity index (χ2n) is 5.81. The van der Waals surface area contributed by atoms with Crippen molar-refractivity contribution in [3.8, 4) is 11.3 Å². The Morgan fingerprint density at radius 2 is 2.23 bits per heavy atom.